The third-order valence-electron chi connectivity index (χ3n) is 4.14. The van der Waals surface area contributed by atoms with E-state index in [-0.39, 0.29) is 5.91 Å². The number of aromatic nitrogens is 4. The molecule has 27 heavy (non-hydrogen) atoms. The number of benzene rings is 1. The molecule has 1 amide bonds. The van der Waals surface area contributed by atoms with Crippen LogP contribution in [0, 0.1) is 0 Å². The van der Waals surface area contributed by atoms with Crippen LogP contribution < -0.4 is 5.32 Å². The van der Waals surface area contributed by atoms with E-state index in [1.54, 1.807) is 19.2 Å². The van der Waals surface area contributed by atoms with Crippen LogP contribution >= 0.6 is 0 Å². The molecule has 3 rings (SSSR count). The number of amides is 1. The number of aromatic amines is 1. The Bertz CT molecular complexity index is 885. The van der Waals surface area contributed by atoms with Crippen LogP contribution in [0.25, 0.3) is 11.3 Å². The van der Waals surface area contributed by atoms with Crippen molar-refractivity contribution in [2.75, 3.05) is 7.11 Å². The van der Waals surface area contributed by atoms with Crippen molar-refractivity contribution in [2.45, 2.75) is 32.9 Å². The van der Waals surface area contributed by atoms with Crippen LogP contribution in [0.4, 0.5) is 0 Å². The standard InChI is InChI=1S/C20H23N5O2/c1-13(2)18-8-9-19(25-24-18)14-4-6-15(7-5-14)20(26)21-11-16-10-17(12-27-3)23-22-16/h4-10,13H,11-12H2,1-3H3,(H,21,26)(H,22,23). The van der Waals surface area contributed by atoms with Gasteiger partial charge in [0.15, 0.2) is 0 Å². The summed E-state index contributed by atoms with van der Waals surface area (Å²) in [5.41, 5.74) is 4.88. The van der Waals surface area contributed by atoms with E-state index >= 15 is 0 Å². The van der Waals surface area contributed by atoms with Crippen LogP contribution in [0.1, 0.15) is 47.2 Å². The van der Waals surface area contributed by atoms with Crippen molar-refractivity contribution < 1.29 is 9.53 Å². The maximum atomic E-state index is 12.3. The summed E-state index contributed by atoms with van der Waals surface area (Å²) >= 11 is 0. The molecule has 7 nitrogen and oxygen atoms in total. The monoisotopic (exact) mass is 365 g/mol. The first-order valence-electron chi connectivity index (χ1n) is 8.81. The average Bonchev–Trinajstić information content (AvgIpc) is 3.14. The van der Waals surface area contributed by atoms with Crippen LogP contribution in [0.5, 0.6) is 0 Å². The Hall–Kier alpha value is -3.06. The Morgan fingerprint density at radius 3 is 2.56 bits per heavy atom. The van der Waals surface area contributed by atoms with Gasteiger partial charge in [-0.25, -0.2) is 0 Å². The molecular formula is C20H23N5O2. The number of carbonyl (C=O) groups is 1. The summed E-state index contributed by atoms with van der Waals surface area (Å²) in [7, 11) is 1.62. The van der Waals surface area contributed by atoms with Crippen molar-refractivity contribution in [2.24, 2.45) is 0 Å². The minimum absolute atomic E-state index is 0.148. The summed E-state index contributed by atoms with van der Waals surface area (Å²) in [4.78, 5) is 12.3. The lowest BCUT2D eigenvalue weighted by molar-refractivity contribution is 0.0950. The molecular weight excluding hydrogens is 342 g/mol. The number of H-pyrrole nitrogens is 1. The lowest BCUT2D eigenvalue weighted by Crippen LogP contribution is -2.22. The minimum Gasteiger partial charge on any atom is -0.378 e. The van der Waals surface area contributed by atoms with Crippen molar-refractivity contribution in [1.29, 1.82) is 0 Å². The smallest absolute Gasteiger partial charge is 0.251 e. The third kappa shape index (κ3) is 4.77. The van der Waals surface area contributed by atoms with Crippen LogP contribution in [0.15, 0.2) is 42.5 Å². The molecule has 0 saturated carbocycles. The molecule has 1 aromatic carbocycles. The fourth-order valence-electron chi connectivity index (χ4n) is 2.60. The van der Waals surface area contributed by atoms with Crippen LogP contribution in [-0.4, -0.2) is 33.4 Å². The third-order valence-corrected chi connectivity index (χ3v) is 4.14. The summed E-state index contributed by atoms with van der Waals surface area (Å²) in [6, 6.07) is 13.1. The number of hydrogen-bond acceptors (Lipinski definition) is 5. The molecule has 2 heterocycles. The van der Waals surface area contributed by atoms with E-state index in [0.29, 0.717) is 24.6 Å². The molecule has 0 fully saturated rings. The molecule has 140 valence electrons. The fraction of sp³-hybridized carbons (Fsp3) is 0.300. The molecule has 0 aliphatic rings. The van der Waals surface area contributed by atoms with E-state index in [9.17, 15) is 4.79 Å². The minimum atomic E-state index is -0.148. The molecule has 0 saturated heterocycles. The topological polar surface area (TPSA) is 92.8 Å². The Morgan fingerprint density at radius 1 is 1.15 bits per heavy atom. The molecule has 0 radical (unpaired) electrons. The van der Waals surface area contributed by atoms with Gasteiger partial charge >= 0.3 is 0 Å². The van der Waals surface area contributed by atoms with Gasteiger partial charge in [0.2, 0.25) is 0 Å². The highest BCUT2D eigenvalue weighted by molar-refractivity contribution is 5.94. The summed E-state index contributed by atoms with van der Waals surface area (Å²) in [5.74, 6) is 0.198. The van der Waals surface area contributed by atoms with Crippen molar-refractivity contribution in [1.82, 2.24) is 25.7 Å². The predicted molar refractivity (Wildman–Crippen MR) is 102 cm³/mol. The van der Waals surface area contributed by atoms with Crippen LogP contribution in [0.3, 0.4) is 0 Å². The van der Waals surface area contributed by atoms with Gasteiger partial charge in [0.05, 0.1) is 35.9 Å². The van der Waals surface area contributed by atoms with E-state index in [1.165, 1.54) is 0 Å². The zero-order valence-electron chi connectivity index (χ0n) is 15.7. The maximum absolute atomic E-state index is 12.3. The molecule has 2 N–H and O–H groups in total. The number of ether oxygens (including phenoxy) is 1. The Labute approximate surface area is 158 Å². The lowest BCUT2D eigenvalue weighted by atomic mass is 10.1. The first-order valence-corrected chi connectivity index (χ1v) is 8.81. The van der Waals surface area contributed by atoms with Gasteiger partial charge in [-0.15, -0.1) is 0 Å². The highest BCUT2D eigenvalue weighted by Gasteiger charge is 2.09. The van der Waals surface area contributed by atoms with Gasteiger partial charge < -0.3 is 10.1 Å². The first kappa shape index (κ1) is 18.7. The molecule has 0 aliphatic heterocycles. The van der Waals surface area contributed by atoms with Gasteiger partial charge in [-0.3, -0.25) is 9.89 Å². The molecule has 0 aliphatic carbocycles. The fourth-order valence-corrected chi connectivity index (χ4v) is 2.60. The molecule has 0 unspecified atom stereocenters. The molecule has 0 spiro atoms. The summed E-state index contributed by atoms with van der Waals surface area (Å²) in [6.45, 7) is 4.98. The van der Waals surface area contributed by atoms with E-state index < -0.39 is 0 Å². The van der Waals surface area contributed by atoms with E-state index in [2.05, 4.69) is 39.6 Å². The van der Waals surface area contributed by atoms with Crippen molar-refractivity contribution >= 4 is 5.91 Å². The number of rotatable bonds is 7. The van der Waals surface area contributed by atoms with Crippen molar-refractivity contribution in [3.8, 4) is 11.3 Å². The quantitative estimate of drug-likeness (QED) is 0.671. The largest absolute Gasteiger partial charge is 0.378 e. The van der Waals surface area contributed by atoms with E-state index in [4.69, 9.17) is 4.74 Å². The first-order chi connectivity index (χ1) is 13.1. The molecule has 7 heteroatoms. The second-order valence-corrected chi connectivity index (χ2v) is 6.58. The highest BCUT2D eigenvalue weighted by Crippen LogP contribution is 2.19. The summed E-state index contributed by atoms with van der Waals surface area (Å²) in [5, 5.41) is 18.4. The van der Waals surface area contributed by atoms with Gasteiger partial charge in [-0.05, 0) is 36.2 Å². The lowest BCUT2D eigenvalue weighted by Gasteiger charge is -2.06. The predicted octanol–water partition coefficient (Wildman–Crippen LogP) is 3.07. The van der Waals surface area contributed by atoms with E-state index in [1.807, 2.05) is 30.3 Å². The number of nitrogens with one attached hydrogen (secondary N) is 2. The van der Waals surface area contributed by atoms with Gasteiger partial charge in [0, 0.05) is 18.2 Å². The van der Waals surface area contributed by atoms with Crippen LogP contribution in [-0.2, 0) is 17.9 Å². The molecule has 2 aromatic heterocycles. The second kappa shape index (κ2) is 8.55. The van der Waals surface area contributed by atoms with Gasteiger partial charge in [0.1, 0.15) is 0 Å². The SMILES string of the molecule is COCc1cc(CNC(=O)c2ccc(-c3ccc(C(C)C)nn3)cc2)[nH]n1. The summed E-state index contributed by atoms with van der Waals surface area (Å²) in [6.07, 6.45) is 0. The highest BCUT2D eigenvalue weighted by atomic mass is 16.5. The second-order valence-electron chi connectivity index (χ2n) is 6.58. The Balaban J connectivity index is 1.61. The number of nitrogens with zero attached hydrogens (tertiary/aromatic N) is 3. The van der Waals surface area contributed by atoms with Crippen molar-refractivity contribution in [3.05, 3.63) is 65.1 Å². The zero-order valence-corrected chi connectivity index (χ0v) is 15.7. The van der Waals surface area contributed by atoms with Gasteiger partial charge in [-0.2, -0.15) is 15.3 Å². The van der Waals surface area contributed by atoms with Gasteiger partial charge in [0.25, 0.3) is 5.91 Å². The van der Waals surface area contributed by atoms with Crippen molar-refractivity contribution in [3.63, 3.8) is 0 Å². The number of hydrogen-bond donors (Lipinski definition) is 2. The van der Waals surface area contributed by atoms with Crippen LogP contribution in [0.2, 0.25) is 0 Å². The average molecular weight is 365 g/mol. The molecule has 3 aromatic rings. The van der Waals surface area contributed by atoms with Gasteiger partial charge in [-0.1, -0.05) is 26.0 Å². The molecule has 0 atom stereocenters. The molecule has 0 bridgehead atoms. The Morgan fingerprint density at radius 2 is 1.93 bits per heavy atom. The Kier molecular flexibility index (Phi) is 5.93. The number of carbonyl (C=O) groups excluding carboxylic acids is 1. The summed E-state index contributed by atoms with van der Waals surface area (Å²) < 4.78 is 5.02. The zero-order chi connectivity index (χ0) is 19.2. The van der Waals surface area contributed by atoms with E-state index in [0.717, 1.165) is 28.3 Å². The maximum Gasteiger partial charge on any atom is 0.251 e. The number of methoxy groups -OCH3 is 1. The normalized spacial score (nSPS) is 11.0.